The molecule has 9 heteroatoms. The number of benzene rings is 4. The van der Waals surface area contributed by atoms with Gasteiger partial charge in [-0.15, -0.1) is 0 Å². The molecule has 0 aliphatic carbocycles. The smallest absolute Gasteiger partial charge is 0.264 e. The molecule has 0 heterocycles. The average molecular weight is 586 g/mol. The molecule has 0 aliphatic heterocycles. The molecule has 0 bridgehead atoms. The van der Waals surface area contributed by atoms with Gasteiger partial charge in [0, 0.05) is 13.6 Å². The molecule has 4 rings (SSSR count). The summed E-state index contributed by atoms with van der Waals surface area (Å²) >= 11 is 0. The molecule has 42 heavy (non-hydrogen) atoms. The van der Waals surface area contributed by atoms with E-state index in [0.29, 0.717) is 11.5 Å². The average Bonchev–Trinajstić information content (AvgIpc) is 2.99. The first-order valence-electron chi connectivity index (χ1n) is 13.6. The number of ether oxygens (including phenoxy) is 1. The van der Waals surface area contributed by atoms with Gasteiger partial charge in [0.2, 0.25) is 11.8 Å². The van der Waals surface area contributed by atoms with Crippen molar-refractivity contribution in [2.24, 2.45) is 0 Å². The number of hydrogen-bond acceptors (Lipinski definition) is 5. The molecule has 0 fully saturated rings. The molecule has 4 aromatic carbocycles. The molecule has 2 amide bonds. The fourth-order valence-corrected chi connectivity index (χ4v) is 5.85. The summed E-state index contributed by atoms with van der Waals surface area (Å²) in [5.41, 5.74) is 3.00. The lowest BCUT2D eigenvalue weighted by atomic mass is 10.1. The van der Waals surface area contributed by atoms with Gasteiger partial charge in [-0.3, -0.25) is 13.9 Å². The number of amides is 2. The maximum Gasteiger partial charge on any atom is 0.264 e. The highest BCUT2D eigenvalue weighted by atomic mass is 32.2. The quantitative estimate of drug-likeness (QED) is 0.252. The summed E-state index contributed by atoms with van der Waals surface area (Å²) in [7, 11) is -2.66. The van der Waals surface area contributed by atoms with Crippen molar-refractivity contribution in [1.29, 1.82) is 0 Å². The van der Waals surface area contributed by atoms with Crippen LogP contribution in [0.3, 0.4) is 0 Å². The van der Waals surface area contributed by atoms with E-state index >= 15 is 0 Å². The van der Waals surface area contributed by atoms with Crippen LogP contribution in [0, 0.1) is 13.8 Å². The second kappa shape index (κ2) is 13.4. The zero-order valence-corrected chi connectivity index (χ0v) is 25.0. The predicted octanol–water partition coefficient (Wildman–Crippen LogP) is 5.45. The van der Waals surface area contributed by atoms with Crippen LogP contribution in [0.1, 0.15) is 23.6 Å². The van der Waals surface area contributed by atoms with Crippen molar-refractivity contribution in [2.75, 3.05) is 17.9 Å². The number of carbonyl (C=O) groups excluding carboxylic acids is 2. The van der Waals surface area contributed by atoms with E-state index in [9.17, 15) is 18.0 Å². The van der Waals surface area contributed by atoms with Gasteiger partial charge in [-0.25, -0.2) is 8.42 Å². The highest BCUT2D eigenvalue weighted by molar-refractivity contribution is 7.92. The number of rotatable bonds is 11. The number of hydrogen-bond donors (Lipinski definition) is 1. The minimum absolute atomic E-state index is 0.0512. The Kier molecular flexibility index (Phi) is 9.64. The van der Waals surface area contributed by atoms with Gasteiger partial charge < -0.3 is 15.0 Å². The third kappa shape index (κ3) is 7.16. The number of para-hydroxylation sites is 1. The molecule has 0 radical (unpaired) electrons. The van der Waals surface area contributed by atoms with Gasteiger partial charge >= 0.3 is 0 Å². The van der Waals surface area contributed by atoms with Gasteiger partial charge in [0.15, 0.2) is 0 Å². The summed E-state index contributed by atoms with van der Waals surface area (Å²) in [6.45, 7) is 5.05. The summed E-state index contributed by atoms with van der Waals surface area (Å²) in [6.07, 6.45) is 0. The fourth-order valence-electron chi connectivity index (χ4n) is 4.43. The van der Waals surface area contributed by atoms with Gasteiger partial charge in [-0.2, -0.15) is 0 Å². The molecular formula is C33H35N3O5S. The van der Waals surface area contributed by atoms with Gasteiger partial charge in [0.1, 0.15) is 24.1 Å². The third-order valence-electron chi connectivity index (χ3n) is 7.01. The number of carbonyl (C=O) groups is 2. The van der Waals surface area contributed by atoms with Crippen LogP contribution in [0.4, 0.5) is 5.69 Å². The Morgan fingerprint density at radius 2 is 1.40 bits per heavy atom. The summed E-state index contributed by atoms with van der Waals surface area (Å²) in [5.74, 6) is 0.278. The molecule has 4 aromatic rings. The van der Waals surface area contributed by atoms with E-state index in [1.54, 1.807) is 43.3 Å². The van der Waals surface area contributed by atoms with Crippen LogP contribution in [-0.2, 0) is 26.2 Å². The van der Waals surface area contributed by atoms with Gasteiger partial charge in [0.05, 0.1) is 10.6 Å². The molecule has 0 aromatic heterocycles. The van der Waals surface area contributed by atoms with E-state index < -0.39 is 28.5 Å². The maximum atomic E-state index is 14.0. The Hall–Kier alpha value is -4.63. The number of likely N-dealkylation sites (N-methyl/N-ethyl adjacent to an activating group) is 1. The fraction of sp³-hybridized carbons (Fsp3) is 0.212. The molecule has 8 nitrogen and oxygen atoms in total. The third-order valence-corrected chi connectivity index (χ3v) is 8.80. The molecule has 1 N–H and O–H groups in total. The Bertz CT molecular complexity index is 1620. The lowest BCUT2D eigenvalue weighted by Gasteiger charge is -2.32. The Labute approximate surface area is 247 Å². The lowest BCUT2D eigenvalue weighted by molar-refractivity contribution is -0.139. The molecule has 0 spiro atoms. The highest BCUT2D eigenvalue weighted by Gasteiger charge is 2.32. The maximum absolute atomic E-state index is 14.0. The molecule has 1 atom stereocenters. The Morgan fingerprint density at radius 3 is 2.02 bits per heavy atom. The van der Waals surface area contributed by atoms with Crippen LogP contribution in [0.15, 0.2) is 108 Å². The van der Waals surface area contributed by atoms with Gasteiger partial charge in [-0.1, -0.05) is 60.2 Å². The van der Waals surface area contributed by atoms with Crippen molar-refractivity contribution in [1.82, 2.24) is 10.2 Å². The molecule has 0 unspecified atom stereocenters. The van der Waals surface area contributed by atoms with Crippen LogP contribution in [-0.4, -0.2) is 44.8 Å². The SMILES string of the molecule is CNC(=O)[C@@H](C)N(Cc1ccccc1C)C(=O)CN(c1ccc(Oc2ccccc2)cc1)S(=O)(=O)c1ccc(C)cc1. The topological polar surface area (TPSA) is 96.0 Å². The number of sulfonamides is 1. The van der Waals surface area contributed by atoms with Crippen molar-refractivity contribution in [3.8, 4) is 11.5 Å². The molecule has 0 saturated carbocycles. The van der Waals surface area contributed by atoms with E-state index in [2.05, 4.69) is 5.32 Å². The van der Waals surface area contributed by atoms with Crippen molar-refractivity contribution in [3.05, 3.63) is 120 Å². The molecule has 0 aliphatic rings. The summed E-state index contributed by atoms with van der Waals surface area (Å²) in [4.78, 5) is 28.1. The van der Waals surface area contributed by atoms with E-state index in [4.69, 9.17) is 4.74 Å². The Balaban J connectivity index is 1.71. The number of nitrogens with one attached hydrogen (secondary N) is 1. The minimum Gasteiger partial charge on any atom is -0.457 e. The van der Waals surface area contributed by atoms with E-state index in [-0.39, 0.29) is 23.0 Å². The second-order valence-electron chi connectivity index (χ2n) is 9.97. The summed E-state index contributed by atoms with van der Waals surface area (Å²) in [5, 5.41) is 2.59. The first-order chi connectivity index (χ1) is 20.1. The largest absolute Gasteiger partial charge is 0.457 e. The minimum atomic E-state index is -4.16. The zero-order chi connectivity index (χ0) is 30.3. The number of nitrogens with zero attached hydrogens (tertiary/aromatic N) is 2. The van der Waals surface area contributed by atoms with E-state index in [1.807, 2.05) is 68.4 Å². The van der Waals surface area contributed by atoms with Crippen LogP contribution >= 0.6 is 0 Å². The van der Waals surface area contributed by atoms with E-state index in [0.717, 1.165) is 21.0 Å². The van der Waals surface area contributed by atoms with E-state index in [1.165, 1.54) is 24.1 Å². The van der Waals surface area contributed by atoms with Crippen LogP contribution in [0.5, 0.6) is 11.5 Å². The van der Waals surface area contributed by atoms with Crippen LogP contribution in [0.25, 0.3) is 0 Å². The highest BCUT2D eigenvalue weighted by Crippen LogP contribution is 2.29. The predicted molar refractivity (Wildman–Crippen MR) is 164 cm³/mol. The van der Waals surface area contributed by atoms with Crippen LogP contribution < -0.4 is 14.4 Å². The molecular weight excluding hydrogens is 550 g/mol. The van der Waals surface area contributed by atoms with Crippen molar-refractivity contribution < 1.29 is 22.7 Å². The lowest BCUT2D eigenvalue weighted by Crippen LogP contribution is -2.50. The molecule has 0 saturated heterocycles. The van der Waals surface area contributed by atoms with Crippen molar-refractivity contribution in [3.63, 3.8) is 0 Å². The number of anilines is 1. The normalized spacial score (nSPS) is 11.8. The number of aryl methyl sites for hydroxylation is 2. The summed E-state index contributed by atoms with van der Waals surface area (Å²) in [6, 6.07) is 28.9. The first-order valence-corrected chi connectivity index (χ1v) is 15.0. The zero-order valence-electron chi connectivity index (χ0n) is 24.2. The second-order valence-corrected chi connectivity index (χ2v) is 11.8. The monoisotopic (exact) mass is 585 g/mol. The Morgan fingerprint density at radius 1 is 0.810 bits per heavy atom. The van der Waals surface area contributed by atoms with Crippen LogP contribution in [0.2, 0.25) is 0 Å². The summed E-state index contributed by atoms with van der Waals surface area (Å²) < 4.78 is 34.9. The van der Waals surface area contributed by atoms with Crippen molar-refractivity contribution in [2.45, 2.75) is 38.3 Å². The standard InChI is InChI=1S/C33H35N3O5S/c1-24-14-20-31(21-15-24)42(39,40)36(28-16-18-30(19-17-28)41-29-12-6-5-7-13-29)23-32(37)35(26(3)33(38)34-4)22-27-11-9-8-10-25(27)2/h5-21,26H,22-23H2,1-4H3,(H,34,38)/t26-/m1/s1. The molecule has 218 valence electrons. The van der Waals surface area contributed by atoms with Crippen molar-refractivity contribution >= 4 is 27.5 Å². The first kappa shape index (κ1) is 30.3. The van der Waals surface area contributed by atoms with Gasteiger partial charge in [-0.05, 0) is 80.4 Å². The van der Waals surface area contributed by atoms with Gasteiger partial charge in [0.25, 0.3) is 10.0 Å².